The molecule has 60 valence electrons. The van der Waals surface area contributed by atoms with Crippen LogP contribution in [-0.4, -0.2) is 0 Å². The molecule has 0 aromatic rings. The highest BCUT2D eigenvalue weighted by Crippen LogP contribution is 1.58. The number of thiol groups is 1. The van der Waals surface area contributed by atoms with Gasteiger partial charge in [-0.05, 0) is 5.41 Å². The SMILES string of the molecule is C=CS.CC.CC.CC. The van der Waals surface area contributed by atoms with Gasteiger partial charge in [0.05, 0.1) is 0 Å². The van der Waals surface area contributed by atoms with Crippen molar-refractivity contribution >= 4 is 12.6 Å². The van der Waals surface area contributed by atoms with Crippen molar-refractivity contribution in [2.24, 2.45) is 0 Å². The number of hydrogen-bond donors (Lipinski definition) is 1. The molecule has 9 heavy (non-hydrogen) atoms. The summed E-state index contributed by atoms with van der Waals surface area (Å²) in [5.41, 5.74) is 0. The van der Waals surface area contributed by atoms with Crippen molar-refractivity contribution in [2.45, 2.75) is 41.5 Å². The molecule has 0 aromatic carbocycles. The number of hydrogen-bond acceptors (Lipinski definition) is 1. The molecule has 0 saturated heterocycles. The predicted octanol–water partition coefficient (Wildman–Crippen LogP) is 4.14. The van der Waals surface area contributed by atoms with E-state index in [9.17, 15) is 0 Å². The second-order valence-electron chi connectivity index (χ2n) is 0.183. The Morgan fingerprint density at radius 1 is 0.889 bits per heavy atom. The predicted molar refractivity (Wildman–Crippen MR) is 53.2 cm³/mol. The van der Waals surface area contributed by atoms with E-state index in [2.05, 4.69) is 19.2 Å². The Hall–Kier alpha value is 0.0900. The van der Waals surface area contributed by atoms with Crippen molar-refractivity contribution < 1.29 is 0 Å². The molecule has 0 unspecified atom stereocenters. The van der Waals surface area contributed by atoms with Crippen molar-refractivity contribution in [1.29, 1.82) is 0 Å². The minimum atomic E-state index is 1.44. The maximum absolute atomic E-state index is 3.55. The van der Waals surface area contributed by atoms with Gasteiger partial charge in [-0.2, -0.15) is 12.6 Å². The van der Waals surface area contributed by atoms with Gasteiger partial charge in [0.1, 0.15) is 0 Å². The molecule has 0 atom stereocenters. The van der Waals surface area contributed by atoms with Gasteiger partial charge in [-0.1, -0.05) is 48.1 Å². The van der Waals surface area contributed by atoms with E-state index < -0.39 is 0 Å². The van der Waals surface area contributed by atoms with Crippen molar-refractivity contribution in [1.82, 2.24) is 0 Å². The van der Waals surface area contributed by atoms with Crippen LogP contribution in [0.3, 0.4) is 0 Å². The molecule has 0 aliphatic heterocycles. The van der Waals surface area contributed by atoms with E-state index in [4.69, 9.17) is 0 Å². The van der Waals surface area contributed by atoms with E-state index in [1.807, 2.05) is 41.5 Å². The fraction of sp³-hybridized carbons (Fsp3) is 0.750. The monoisotopic (exact) mass is 150 g/mol. The van der Waals surface area contributed by atoms with Crippen LogP contribution in [-0.2, 0) is 0 Å². The molecule has 0 amide bonds. The molecule has 0 bridgehead atoms. The molecule has 0 fully saturated rings. The lowest BCUT2D eigenvalue weighted by atomic mass is 11.0. The van der Waals surface area contributed by atoms with Crippen molar-refractivity contribution in [2.75, 3.05) is 0 Å². The summed E-state index contributed by atoms with van der Waals surface area (Å²) in [5, 5.41) is 1.44. The minimum Gasteiger partial charge on any atom is -0.152 e. The van der Waals surface area contributed by atoms with Gasteiger partial charge in [-0.15, -0.1) is 0 Å². The Bertz CT molecular complexity index is 12.0. The first kappa shape index (κ1) is 23.0. The Morgan fingerprint density at radius 2 is 0.889 bits per heavy atom. The van der Waals surface area contributed by atoms with Crippen LogP contribution in [0.25, 0.3) is 0 Å². The van der Waals surface area contributed by atoms with E-state index in [-0.39, 0.29) is 0 Å². The van der Waals surface area contributed by atoms with E-state index in [0.717, 1.165) is 0 Å². The zero-order valence-electron chi connectivity index (χ0n) is 7.73. The van der Waals surface area contributed by atoms with Crippen LogP contribution < -0.4 is 0 Å². The summed E-state index contributed by atoms with van der Waals surface area (Å²) in [4.78, 5) is 0. The van der Waals surface area contributed by atoms with Gasteiger partial charge < -0.3 is 0 Å². The lowest BCUT2D eigenvalue weighted by molar-refractivity contribution is 1.50. The molecule has 0 rings (SSSR count). The second-order valence-corrected chi connectivity index (χ2v) is 0.548. The summed E-state index contributed by atoms with van der Waals surface area (Å²) in [6, 6.07) is 0. The fourth-order valence-corrected chi connectivity index (χ4v) is 0. The molecule has 0 aliphatic carbocycles. The van der Waals surface area contributed by atoms with E-state index in [0.29, 0.717) is 0 Å². The highest BCUT2D eigenvalue weighted by Gasteiger charge is 1.14. The third kappa shape index (κ3) is 37000. The smallest absolute Gasteiger partial charge is 0.0396 e. The van der Waals surface area contributed by atoms with Crippen LogP contribution in [0, 0.1) is 0 Å². The summed E-state index contributed by atoms with van der Waals surface area (Å²) in [5.74, 6) is 0. The van der Waals surface area contributed by atoms with Crippen molar-refractivity contribution in [3.8, 4) is 0 Å². The third-order valence-corrected chi connectivity index (χ3v) is 0. The third-order valence-electron chi connectivity index (χ3n) is 0. The molecule has 0 nitrogen and oxygen atoms in total. The fourth-order valence-electron chi connectivity index (χ4n) is 0. The maximum atomic E-state index is 3.55. The van der Waals surface area contributed by atoms with Crippen molar-refractivity contribution in [3.05, 3.63) is 12.0 Å². The van der Waals surface area contributed by atoms with Crippen LogP contribution >= 0.6 is 12.6 Å². The average molecular weight is 150 g/mol. The van der Waals surface area contributed by atoms with Gasteiger partial charge >= 0.3 is 0 Å². The van der Waals surface area contributed by atoms with E-state index in [1.54, 1.807) is 0 Å². The molecule has 0 spiro atoms. The summed E-state index contributed by atoms with van der Waals surface area (Å²) in [6.45, 7) is 15.2. The van der Waals surface area contributed by atoms with Crippen LogP contribution in [0.2, 0.25) is 0 Å². The van der Waals surface area contributed by atoms with Gasteiger partial charge in [0.25, 0.3) is 0 Å². The molecule has 0 saturated carbocycles. The summed E-state index contributed by atoms with van der Waals surface area (Å²) >= 11 is 3.55. The molecule has 0 aliphatic rings. The van der Waals surface area contributed by atoms with Crippen molar-refractivity contribution in [3.63, 3.8) is 0 Å². The second kappa shape index (κ2) is 342. The zero-order chi connectivity index (χ0) is 8.71. The Morgan fingerprint density at radius 3 is 0.889 bits per heavy atom. The molecule has 0 heterocycles. The van der Waals surface area contributed by atoms with Crippen LogP contribution in [0.15, 0.2) is 12.0 Å². The number of rotatable bonds is 0. The first-order valence-corrected chi connectivity index (χ1v) is 4.18. The average Bonchev–Trinajstić information content (AvgIpc) is 2.01. The summed E-state index contributed by atoms with van der Waals surface area (Å²) in [7, 11) is 0. The molecule has 0 radical (unpaired) electrons. The van der Waals surface area contributed by atoms with Gasteiger partial charge in [0, 0.05) is 0 Å². The molecule has 1 heteroatoms. The quantitative estimate of drug-likeness (QED) is 0.493. The van der Waals surface area contributed by atoms with Crippen LogP contribution in [0.4, 0.5) is 0 Å². The lowest BCUT2D eigenvalue weighted by Gasteiger charge is -1.31. The topological polar surface area (TPSA) is 0 Å². The summed E-state index contributed by atoms with van der Waals surface area (Å²) in [6.07, 6.45) is 0. The Labute approximate surface area is 66.8 Å². The first-order valence-electron chi connectivity index (χ1n) is 3.67. The zero-order valence-corrected chi connectivity index (χ0v) is 8.63. The van der Waals surface area contributed by atoms with Gasteiger partial charge in [-0.25, -0.2) is 0 Å². The highest BCUT2D eigenvalue weighted by molar-refractivity contribution is 7.83. The van der Waals surface area contributed by atoms with Gasteiger partial charge in [0.15, 0.2) is 0 Å². The minimum absolute atomic E-state index is 1.44. The molecular formula is C8H22S. The first-order chi connectivity index (χ1) is 4.41. The molecular weight excluding hydrogens is 128 g/mol. The van der Waals surface area contributed by atoms with E-state index >= 15 is 0 Å². The standard InChI is InChI=1S/C2H4S.3C2H6/c1-2-3;3*1-2/h2-3H,1H2;3*1-2H3. The van der Waals surface area contributed by atoms with Gasteiger partial charge in [-0.3, -0.25) is 0 Å². The summed E-state index contributed by atoms with van der Waals surface area (Å²) < 4.78 is 0. The van der Waals surface area contributed by atoms with Gasteiger partial charge in [0.2, 0.25) is 0 Å². The largest absolute Gasteiger partial charge is 0.152 e. The maximum Gasteiger partial charge on any atom is -0.0396 e. The normalized spacial score (nSPS) is 3.44. The Balaban J connectivity index is -0.0000000190. The molecule has 0 aromatic heterocycles. The highest BCUT2D eigenvalue weighted by atomic mass is 32.1. The molecule has 0 N–H and O–H groups in total. The van der Waals surface area contributed by atoms with Crippen LogP contribution in [0.5, 0.6) is 0 Å². The van der Waals surface area contributed by atoms with Crippen LogP contribution in [0.1, 0.15) is 41.5 Å². The Kier molecular flexibility index (Phi) is 873. The lowest BCUT2D eigenvalue weighted by Crippen LogP contribution is -0.935. The van der Waals surface area contributed by atoms with E-state index in [1.165, 1.54) is 5.41 Å².